The molecule has 2 aromatic carbocycles. The maximum Gasteiger partial charge on any atom is 0.226 e. The summed E-state index contributed by atoms with van der Waals surface area (Å²) in [6.45, 7) is 1.79. The van der Waals surface area contributed by atoms with E-state index in [-0.39, 0.29) is 29.7 Å². The van der Waals surface area contributed by atoms with Crippen molar-refractivity contribution in [1.29, 1.82) is 0 Å². The highest BCUT2D eigenvalue weighted by atomic mass is 19.1. The van der Waals surface area contributed by atoms with Crippen molar-refractivity contribution in [2.24, 2.45) is 0 Å². The number of fused-ring (bicyclic) bond motifs is 2. The third-order valence-corrected chi connectivity index (χ3v) is 5.16. The average molecular weight is 389 g/mol. The summed E-state index contributed by atoms with van der Waals surface area (Å²) < 4.78 is 20.6. The van der Waals surface area contributed by atoms with Gasteiger partial charge in [-0.05, 0) is 43.3 Å². The van der Waals surface area contributed by atoms with Crippen LogP contribution in [0.4, 0.5) is 10.2 Å². The molecule has 5 rings (SSSR count). The molecule has 0 unspecified atom stereocenters. The van der Waals surface area contributed by atoms with Gasteiger partial charge in [0.15, 0.2) is 5.76 Å². The van der Waals surface area contributed by atoms with Crippen LogP contribution in [0, 0.1) is 12.7 Å². The highest BCUT2D eigenvalue weighted by Gasteiger charge is 2.37. The van der Waals surface area contributed by atoms with Crippen molar-refractivity contribution in [2.75, 3.05) is 5.32 Å². The third kappa shape index (κ3) is 2.82. The lowest BCUT2D eigenvalue weighted by atomic mass is 9.87. The van der Waals surface area contributed by atoms with Gasteiger partial charge in [0.25, 0.3) is 0 Å². The van der Waals surface area contributed by atoms with Gasteiger partial charge in [0.2, 0.25) is 11.7 Å². The number of hydrogen-bond donors (Lipinski definition) is 1. The maximum atomic E-state index is 13.3. The Morgan fingerprint density at radius 1 is 1.21 bits per heavy atom. The normalized spacial score (nSPS) is 15.9. The van der Waals surface area contributed by atoms with Crippen LogP contribution in [0.5, 0.6) is 0 Å². The van der Waals surface area contributed by atoms with Crippen LogP contribution >= 0.6 is 0 Å². The smallest absolute Gasteiger partial charge is 0.226 e. The maximum absolute atomic E-state index is 13.3. The number of hydrogen-bond acceptors (Lipinski definition) is 4. The minimum Gasteiger partial charge on any atom is -0.453 e. The Kier molecular flexibility index (Phi) is 3.84. The van der Waals surface area contributed by atoms with E-state index in [1.165, 1.54) is 16.8 Å². The zero-order valence-electron chi connectivity index (χ0n) is 15.5. The van der Waals surface area contributed by atoms with E-state index in [1.54, 1.807) is 31.2 Å². The van der Waals surface area contributed by atoms with Crippen LogP contribution < -0.4 is 5.32 Å². The number of carbonyl (C=O) groups is 2. The second kappa shape index (κ2) is 6.41. The molecule has 4 aromatic rings. The molecule has 7 heteroatoms. The molecular weight excluding hydrogens is 373 g/mol. The second-order valence-electron chi connectivity index (χ2n) is 7.05. The molecule has 2 aromatic heterocycles. The lowest BCUT2D eigenvalue weighted by Gasteiger charge is -2.22. The molecule has 0 radical (unpaired) electrons. The molecule has 29 heavy (non-hydrogen) atoms. The van der Waals surface area contributed by atoms with Gasteiger partial charge in [-0.25, -0.2) is 9.07 Å². The Morgan fingerprint density at radius 3 is 2.72 bits per heavy atom. The van der Waals surface area contributed by atoms with Gasteiger partial charge in [-0.2, -0.15) is 5.10 Å². The number of furan rings is 1. The Hall–Kier alpha value is -3.74. The molecule has 0 saturated heterocycles. The van der Waals surface area contributed by atoms with Crippen molar-refractivity contribution < 1.29 is 18.4 Å². The zero-order valence-corrected chi connectivity index (χ0v) is 15.5. The topological polar surface area (TPSA) is 77.1 Å². The number of Topliss-reactive ketones (excluding diaryl/α,β-unsaturated/α-hetero) is 1. The summed E-state index contributed by atoms with van der Waals surface area (Å²) in [7, 11) is 0. The molecule has 0 spiro atoms. The molecular formula is C22H16FN3O3. The van der Waals surface area contributed by atoms with Gasteiger partial charge < -0.3 is 9.73 Å². The van der Waals surface area contributed by atoms with E-state index in [9.17, 15) is 14.0 Å². The molecule has 0 saturated carbocycles. The fraction of sp³-hybridized carbons (Fsp3) is 0.136. The van der Waals surface area contributed by atoms with E-state index < -0.39 is 5.92 Å². The molecule has 0 fully saturated rings. The lowest BCUT2D eigenvalue weighted by Crippen LogP contribution is -2.28. The summed E-state index contributed by atoms with van der Waals surface area (Å²) in [6.07, 6.45) is 0.0127. The van der Waals surface area contributed by atoms with E-state index in [1.807, 2.05) is 18.2 Å². The quantitative estimate of drug-likeness (QED) is 0.528. The van der Waals surface area contributed by atoms with E-state index >= 15 is 0 Å². The minimum absolute atomic E-state index is 0.0127. The molecule has 0 bridgehead atoms. The number of amides is 1. The van der Waals surface area contributed by atoms with Crippen LogP contribution in [0.25, 0.3) is 16.7 Å². The highest BCUT2D eigenvalue weighted by Crippen LogP contribution is 2.38. The SMILES string of the molecule is Cc1nn(-c2ccc(F)cc2)c2c1[C@@H](C(=O)c1cc3ccccc3o1)CC(=O)N2. The molecule has 3 heterocycles. The molecule has 1 aliphatic rings. The van der Waals surface area contributed by atoms with Crippen molar-refractivity contribution in [2.45, 2.75) is 19.3 Å². The number of aromatic nitrogens is 2. The van der Waals surface area contributed by atoms with Gasteiger partial charge in [-0.3, -0.25) is 9.59 Å². The summed E-state index contributed by atoms with van der Waals surface area (Å²) >= 11 is 0. The van der Waals surface area contributed by atoms with Crippen molar-refractivity contribution in [1.82, 2.24) is 9.78 Å². The first kappa shape index (κ1) is 17.4. The van der Waals surface area contributed by atoms with Gasteiger partial charge in [0.05, 0.1) is 17.3 Å². The molecule has 144 valence electrons. The van der Waals surface area contributed by atoms with Crippen LogP contribution in [0.2, 0.25) is 0 Å². The summed E-state index contributed by atoms with van der Waals surface area (Å²) in [5, 5.41) is 8.13. The molecule has 6 nitrogen and oxygen atoms in total. The average Bonchev–Trinajstić information content (AvgIpc) is 3.29. The van der Waals surface area contributed by atoms with Crippen molar-refractivity contribution >= 4 is 28.5 Å². The first-order chi connectivity index (χ1) is 14.0. The van der Waals surface area contributed by atoms with Crippen LogP contribution in [0.15, 0.2) is 59.0 Å². The van der Waals surface area contributed by atoms with E-state index in [0.29, 0.717) is 28.3 Å². The Bertz CT molecular complexity index is 1240. The van der Waals surface area contributed by atoms with E-state index in [4.69, 9.17) is 4.42 Å². The fourth-order valence-corrected chi connectivity index (χ4v) is 3.82. The molecule has 0 aliphatic carbocycles. The van der Waals surface area contributed by atoms with Gasteiger partial charge >= 0.3 is 0 Å². The lowest BCUT2D eigenvalue weighted by molar-refractivity contribution is -0.116. The summed E-state index contributed by atoms with van der Waals surface area (Å²) in [4.78, 5) is 25.7. The number of aryl methyl sites for hydroxylation is 1. The largest absolute Gasteiger partial charge is 0.453 e. The Balaban J connectivity index is 1.61. The van der Waals surface area contributed by atoms with Crippen LogP contribution in [0.3, 0.4) is 0 Å². The number of halogens is 1. The predicted molar refractivity (Wildman–Crippen MR) is 105 cm³/mol. The standard InChI is InChI=1S/C22H16FN3O3/c1-12-20-16(21(28)18-10-13-4-2-3-5-17(13)29-18)11-19(27)24-22(20)26(25-12)15-8-6-14(23)7-9-15/h2-10,16H,11H2,1H3,(H,24,27)/t16-/m0/s1. The van der Waals surface area contributed by atoms with E-state index in [2.05, 4.69) is 10.4 Å². The van der Waals surface area contributed by atoms with Crippen molar-refractivity contribution in [3.05, 3.63) is 77.4 Å². The predicted octanol–water partition coefficient (Wildman–Crippen LogP) is 4.37. The monoisotopic (exact) mass is 389 g/mol. The van der Waals surface area contributed by atoms with Crippen LogP contribution in [-0.2, 0) is 4.79 Å². The summed E-state index contributed by atoms with van der Waals surface area (Å²) in [5.41, 5.74) is 2.49. The van der Waals surface area contributed by atoms with Gasteiger partial charge in [0.1, 0.15) is 17.2 Å². The minimum atomic E-state index is -0.700. The van der Waals surface area contributed by atoms with Gasteiger partial charge in [0, 0.05) is 17.4 Å². The molecule has 1 atom stereocenters. The number of para-hydroxylation sites is 1. The first-order valence-corrected chi connectivity index (χ1v) is 9.19. The molecule has 1 amide bonds. The van der Waals surface area contributed by atoms with Crippen LogP contribution in [-0.4, -0.2) is 21.5 Å². The fourth-order valence-electron chi connectivity index (χ4n) is 3.82. The highest BCUT2D eigenvalue weighted by molar-refractivity contribution is 6.08. The number of rotatable bonds is 3. The number of benzene rings is 2. The third-order valence-electron chi connectivity index (χ3n) is 5.16. The van der Waals surface area contributed by atoms with Gasteiger partial charge in [-0.15, -0.1) is 0 Å². The second-order valence-corrected chi connectivity index (χ2v) is 7.05. The summed E-state index contributed by atoms with van der Waals surface area (Å²) in [5.74, 6) is -0.970. The number of carbonyl (C=O) groups excluding carboxylic acids is 2. The van der Waals surface area contributed by atoms with Crippen LogP contribution in [0.1, 0.15) is 34.2 Å². The number of anilines is 1. The van der Waals surface area contributed by atoms with Gasteiger partial charge in [-0.1, -0.05) is 18.2 Å². The van der Waals surface area contributed by atoms with Crippen molar-refractivity contribution in [3.8, 4) is 5.69 Å². The summed E-state index contributed by atoms with van der Waals surface area (Å²) in [6, 6.07) is 14.8. The van der Waals surface area contributed by atoms with E-state index in [0.717, 1.165) is 5.39 Å². The number of nitrogens with zero attached hydrogens (tertiary/aromatic N) is 2. The number of nitrogens with one attached hydrogen (secondary N) is 1. The zero-order chi connectivity index (χ0) is 20.1. The Morgan fingerprint density at radius 2 is 1.97 bits per heavy atom. The Labute approximate surface area is 164 Å². The molecule has 1 N–H and O–H groups in total. The number of ketones is 1. The molecule has 1 aliphatic heterocycles. The van der Waals surface area contributed by atoms with Crippen molar-refractivity contribution in [3.63, 3.8) is 0 Å². The first-order valence-electron chi connectivity index (χ1n) is 9.19.